The van der Waals surface area contributed by atoms with Gasteiger partial charge in [0.1, 0.15) is 16.5 Å². The molecule has 1 atom stereocenters. The fourth-order valence-corrected chi connectivity index (χ4v) is 2.79. The average molecular weight is 359 g/mol. The standard InChI is InChI=1S/C18H14FNO4S/c19-14-7-2-1-6-13(14)16(24-18(22)15-8-4-10-25-15)17(21)20-11-12-5-3-9-23-12/h1-10,16H,11H2,(H,20,21)/t16-/m1/s1. The molecule has 0 unspecified atom stereocenters. The van der Waals surface area contributed by atoms with Crippen LogP contribution in [0.25, 0.3) is 0 Å². The van der Waals surface area contributed by atoms with Crippen molar-refractivity contribution in [1.29, 1.82) is 0 Å². The average Bonchev–Trinajstić information content (AvgIpc) is 3.31. The van der Waals surface area contributed by atoms with Crippen molar-refractivity contribution in [2.24, 2.45) is 0 Å². The van der Waals surface area contributed by atoms with Crippen LogP contribution in [0.4, 0.5) is 4.39 Å². The van der Waals surface area contributed by atoms with Gasteiger partial charge in [0, 0.05) is 5.56 Å². The van der Waals surface area contributed by atoms with Crippen molar-refractivity contribution in [3.05, 3.63) is 82.2 Å². The van der Waals surface area contributed by atoms with Gasteiger partial charge in [0.15, 0.2) is 0 Å². The fraction of sp³-hybridized carbons (Fsp3) is 0.111. The van der Waals surface area contributed by atoms with Crippen molar-refractivity contribution in [2.75, 3.05) is 0 Å². The lowest BCUT2D eigenvalue weighted by atomic mass is 10.1. The molecule has 25 heavy (non-hydrogen) atoms. The van der Waals surface area contributed by atoms with Crippen molar-refractivity contribution in [3.8, 4) is 0 Å². The van der Waals surface area contributed by atoms with Gasteiger partial charge < -0.3 is 14.5 Å². The molecule has 0 radical (unpaired) electrons. The van der Waals surface area contributed by atoms with E-state index < -0.39 is 23.8 Å². The Morgan fingerprint density at radius 2 is 2.00 bits per heavy atom. The van der Waals surface area contributed by atoms with Crippen molar-refractivity contribution in [1.82, 2.24) is 5.32 Å². The lowest BCUT2D eigenvalue weighted by Crippen LogP contribution is -2.32. The van der Waals surface area contributed by atoms with Crippen molar-refractivity contribution >= 4 is 23.2 Å². The van der Waals surface area contributed by atoms with Crippen LogP contribution in [0.1, 0.15) is 27.1 Å². The third kappa shape index (κ3) is 4.13. The molecular formula is C18H14FNO4S. The molecule has 2 aromatic heterocycles. The van der Waals surface area contributed by atoms with Crippen LogP contribution in [-0.2, 0) is 16.1 Å². The minimum absolute atomic E-state index is 0.00986. The molecule has 0 spiro atoms. The van der Waals surface area contributed by atoms with Crippen molar-refractivity contribution < 1.29 is 23.1 Å². The molecule has 1 amide bonds. The molecule has 3 rings (SSSR count). The van der Waals surface area contributed by atoms with Gasteiger partial charge in [-0.25, -0.2) is 9.18 Å². The van der Waals surface area contributed by atoms with E-state index in [1.54, 1.807) is 35.7 Å². The Labute approximate surface area is 147 Å². The number of furan rings is 1. The lowest BCUT2D eigenvalue weighted by Gasteiger charge is -2.18. The van der Waals surface area contributed by atoms with E-state index >= 15 is 0 Å². The first-order chi connectivity index (χ1) is 12.1. The van der Waals surface area contributed by atoms with Gasteiger partial charge in [0.05, 0.1) is 12.8 Å². The van der Waals surface area contributed by atoms with E-state index in [0.717, 1.165) is 0 Å². The highest BCUT2D eigenvalue weighted by Crippen LogP contribution is 2.23. The normalized spacial score (nSPS) is 11.7. The number of nitrogens with one attached hydrogen (secondary N) is 1. The Hall–Kier alpha value is -2.93. The molecule has 0 fully saturated rings. The van der Waals surface area contributed by atoms with Crippen LogP contribution in [0.2, 0.25) is 0 Å². The molecule has 3 aromatic rings. The Balaban J connectivity index is 1.79. The second-order valence-electron chi connectivity index (χ2n) is 5.08. The van der Waals surface area contributed by atoms with E-state index in [1.807, 2.05) is 0 Å². The lowest BCUT2D eigenvalue weighted by molar-refractivity contribution is -0.130. The number of esters is 1. The van der Waals surface area contributed by atoms with Crippen molar-refractivity contribution in [3.63, 3.8) is 0 Å². The maximum absolute atomic E-state index is 14.1. The summed E-state index contributed by atoms with van der Waals surface area (Å²) in [5.74, 6) is -1.41. The SMILES string of the molecule is O=C(O[C@@H](C(=O)NCc1ccco1)c1ccccc1F)c1cccs1. The third-order valence-corrected chi connectivity index (χ3v) is 4.24. The highest BCUT2D eigenvalue weighted by Gasteiger charge is 2.28. The number of amides is 1. The zero-order valence-electron chi connectivity index (χ0n) is 13.0. The van der Waals surface area contributed by atoms with Gasteiger partial charge in [-0.15, -0.1) is 11.3 Å². The largest absolute Gasteiger partial charge is 0.467 e. The van der Waals surface area contributed by atoms with Crippen LogP contribution in [-0.4, -0.2) is 11.9 Å². The second-order valence-corrected chi connectivity index (χ2v) is 6.03. The molecule has 1 N–H and O–H groups in total. The molecule has 5 nitrogen and oxygen atoms in total. The molecule has 0 aliphatic heterocycles. The zero-order valence-corrected chi connectivity index (χ0v) is 13.8. The first-order valence-electron chi connectivity index (χ1n) is 7.44. The first kappa shape index (κ1) is 16.9. The smallest absolute Gasteiger partial charge is 0.349 e. The van der Waals surface area contributed by atoms with Crippen LogP contribution in [0.15, 0.2) is 64.6 Å². The van der Waals surface area contributed by atoms with E-state index in [9.17, 15) is 14.0 Å². The van der Waals surface area contributed by atoms with E-state index in [-0.39, 0.29) is 12.1 Å². The van der Waals surface area contributed by atoms with Gasteiger partial charge >= 0.3 is 5.97 Å². The van der Waals surface area contributed by atoms with Crippen LogP contribution >= 0.6 is 11.3 Å². The summed E-state index contributed by atoms with van der Waals surface area (Å²) in [6, 6.07) is 12.3. The van der Waals surface area contributed by atoms with Crippen LogP contribution in [0.5, 0.6) is 0 Å². The first-order valence-corrected chi connectivity index (χ1v) is 8.32. The maximum Gasteiger partial charge on any atom is 0.349 e. The van der Waals surface area contributed by atoms with Gasteiger partial charge in [-0.05, 0) is 29.6 Å². The number of hydrogen-bond donors (Lipinski definition) is 1. The Morgan fingerprint density at radius 3 is 2.68 bits per heavy atom. The summed E-state index contributed by atoms with van der Waals surface area (Å²) < 4.78 is 24.5. The van der Waals surface area contributed by atoms with Gasteiger partial charge in [-0.1, -0.05) is 24.3 Å². The summed E-state index contributed by atoms with van der Waals surface area (Å²) in [7, 11) is 0. The second kappa shape index (κ2) is 7.76. The Kier molecular flexibility index (Phi) is 5.25. The molecule has 0 saturated heterocycles. The Bertz CT molecular complexity index is 846. The summed E-state index contributed by atoms with van der Waals surface area (Å²) in [5, 5.41) is 4.30. The number of benzene rings is 1. The fourth-order valence-electron chi connectivity index (χ4n) is 2.19. The van der Waals surface area contributed by atoms with Crippen LogP contribution < -0.4 is 5.32 Å². The van der Waals surface area contributed by atoms with E-state index in [0.29, 0.717) is 10.6 Å². The highest BCUT2D eigenvalue weighted by atomic mass is 32.1. The molecule has 2 heterocycles. The molecule has 0 saturated carbocycles. The van der Waals surface area contributed by atoms with Gasteiger partial charge in [-0.3, -0.25) is 4.79 Å². The number of carbonyl (C=O) groups excluding carboxylic acids is 2. The minimum atomic E-state index is -1.40. The molecule has 128 valence electrons. The van der Waals surface area contributed by atoms with E-state index in [4.69, 9.17) is 9.15 Å². The number of rotatable bonds is 6. The van der Waals surface area contributed by atoms with Gasteiger partial charge in [0.25, 0.3) is 5.91 Å². The van der Waals surface area contributed by atoms with Crippen LogP contribution in [0.3, 0.4) is 0 Å². The topological polar surface area (TPSA) is 68.5 Å². The molecule has 0 aliphatic carbocycles. The van der Waals surface area contributed by atoms with E-state index in [2.05, 4.69) is 5.32 Å². The van der Waals surface area contributed by atoms with Gasteiger partial charge in [-0.2, -0.15) is 0 Å². The maximum atomic E-state index is 14.1. The molecule has 0 aliphatic rings. The number of thiophene rings is 1. The predicted octanol–water partition coefficient (Wildman–Crippen LogP) is 3.69. The van der Waals surface area contributed by atoms with Gasteiger partial charge in [0.2, 0.25) is 6.10 Å². The number of halogens is 1. The highest BCUT2D eigenvalue weighted by molar-refractivity contribution is 7.11. The molecular weight excluding hydrogens is 345 g/mol. The Morgan fingerprint density at radius 1 is 1.16 bits per heavy atom. The number of carbonyl (C=O) groups is 2. The van der Waals surface area contributed by atoms with Crippen molar-refractivity contribution in [2.45, 2.75) is 12.6 Å². The summed E-state index contributed by atoms with van der Waals surface area (Å²) in [6.45, 7) is 0.105. The summed E-state index contributed by atoms with van der Waals surface area (Å²) in [5.41, 5.74) is -0.00986. The minimum Gasteiger partial charge on any atom is -0.467 e. The molecule has 1 aromatic carbocycles. The zero-order chi connectivity index (χ0) is 17.6. The summed E-state index contributed by atoms with van der Waals surface area (Å²) >= 11 is 1.18. The van der Waals surface area contributed by atoms with E-state index in [1.165, 1.54) is 35.8 Å². The number of hydrogen-bond acceptors (Lipinski definition) is 5. The number of ether oxygens (including phenoxy) is 1. The quantitative estimate of drug-likeness (QED) is 0.682. The summed E-state index contributed by atoms with van der Waals surface area (Å²) in [6.07, 6.45) is 0.0814. The third-order valence-electron chi connectivity index (χ3n) is 3.39. The predicted molar refractivity (Wildman–Crippen MR) is 89.4 cm³/mol. The monoisotopic (exact) mass is 359 g/mol. The molecule has 7 heteroatoms. The molecule has 0 bridgehead atoms. The summed E-state index contributed by atoms with van der Waals surface area (Å²) in [4.78, 5) is 25.0. The van der Waals surface area contributed by atoms with Crippen LogP contribution in [0, 0.1) is 5.82 Å².